The van der Waals surface area contributed by atoms with Crippen molar-refractivity contribution in [3.05, 3.63) is 59.9 Å². The number of ether oxygens (including phenoxy) is 2. The van der Waals surface area contributed by atoms with Gasteiger partial charge in [0, 0.05) is 52.9 Å². The predicted molar refractivity (Wildman–Crippen MR) is 132 cm³/mol. The predicted octanol–water partition coefficient (Wildman–Crippen LogP) is 3.27. The molecule has 2 N–H and O–H groups in total. The summed E-state index contributed by atoms with van der Waals surface area (Å²) >= 11 is 0. The molecular weight excluding hydrogens is 432 g/mol. The third-order valence-electron chi connectivity index (χ3n) is 6.23. The lowest BCUT2D eigenvalue weighted by atomic mass is 9.95. The Bertz CT molecular complexity index is 1480. The fourth-order valence-electron chi connectivity index (χ4n) is 4.63. The molecule has 8 heteroatoms. The smallest absolute Gasteiger partial charge is 0.259 e. The first kappa shape index (κ1) is 21.8. The van der Waals surface area contributed by atoms with Crippen molar-refractivity contribution in [2.45, 2.75) is 6.54 Å². The van der Waals surface area contributed by atoms with Crippen LogP contribution in [-0.4, -0.2) is 61.1 Å². The lowest BCUT2D eigenvalue weighted by Crippen LogP contribution is -2.22. The van der Waals surface area contributed by atoms with Gasteiger partial charge in [-0.1, -0.05) is 18.2 Å². The molecule has 0 saturated carbocycles. The van der Waals surface area contributed by atoms with Crippen LogP contribution in [0.15, 0.2) is 48.8 Å². The van der Waals surface area contributed by atoms with Gasteiger partial charge in [-0.15, -0.1) is 0 Å². The average molecular weight is 459 g/mol. The molecule has 174 valence electrons. The number of benzene rings is 2. The highest BCUT2D eigenvalue weighted by Gasteiger charge is 2.35. The SMILES string of the molecule is COc1ccc2c(C3=C(c4c[nH]c5ccccc45)C(=O)NC3=O)cn(CCN(C)C)c2c1OC. The molecule has 1 aliphatic rings. The Hall–Kier alpha value is -4.04. The maximum Gasteiger partial charge on any atom is 0.259 e. The van der Waals surface area contributed by atoms with Crippen LogP contribution in [0.2, 0.25) is 0 Å². The highest BCUT2D eigenvalue weighted by atomic mass is 16.5. The molecule has 0 radical (unpaired) electrons. The number of hydrogen-bond acceptors (Lipinski definition) is 5. The molecule has 0 unspecified atom stereocenters. The van der Waals surface area contributed by atoms with Gasteiger partial charge in [0.15, 0.2) is 11.5 Å². The summed E-state index contributed by atoms with van der Waals surface area (Å²) in [7, 11) is 7.21. The van der Waals surface area contributed by atoms with Crippen LogP contribution in [0.25, 0.3) is 33.0 Å². The molecule has 0 atom stereocenters. The van der Waals surface area contributed by atoms with Crippen molar-refractivity contribution in [2.75, 3.05) is 34.9 Å². The number of carbonyl (C=O) groups excluding carboxylic acids is 2. The standard InChI is InChI=1S/C26H26N4O4/c1-29(2)11-12-30-14-18(16-9-10-20(33-3)24(34-4)23(16)30)22-21(25(31)28-26(22)32)17-13-27-19-8-6-5-7-15(17)19/h5-10,13-14,27H,11-12H2,1-4H3,(H,28,31,32). The van der Waals surface area contributed by atoms with Crippen LogP contribution in [0.3, 0.4) is 0 Å². The normalized spacial score (nSPS) is 14.0. The fourth-order valence-corrected chi connectivity index (χ4v) is 4.63. The third kappa shape index (κ3) is 3.34. The van der Waals surface area contributed by atoms with Crippen molar-refractivity contribution < 1.29 is 19.1 Å². The van der Waals surface area contributed by atoms with Gasteiger partial charge < -0.3 is 23.9 Å². The van der Waals surface area contributed by atoms with Gasteiger partial charge in [0.2, 0.25) is 0 Å². The number of H-pyrrole nitrogens is 1. The molecule has 1 aliphatic heterocycles. The minimum Gasteiger partial charge on any atom is -0.493 e. The van der Waals surface area contributed by atoms with Gasteiger partial charge in [0.05, 0.1) is 30.9 Å². The molecule has 2 aromatic carbocycles. The number of rotatable bonds is 7. The van der Waals surface area contributed by atoms with Gasteiger partial charge in [-0.05, 0) is 32.3 Å². The van der Waals surface area contributed by atoms with E-state index in [4.69, 9.17) is 9.47 Å². The zero-order valence-corrected chi connectivity index (χ0v) is 19.6. The lowest BCUT2D eigenvalue weighted by molar-refractivity contribution is -0.122. The number of aromatic amines is 1. The second-order valence-corrected chi connectivity index (χ2v) is 8.52. The molecule has 0 aliphatic carbocycles. The summed E-state index contributed by atoms with van der Waals surface area (Å²) in [6.07, 6.45) is 3.71. The molecule has 2 aromatic heterocycles. The second kappa shape index (κ2) is 8.39. The number of para-hydroxylation sites is 1. The summed E-state index contributed by atoms with van der Waals surface area (Å²) < 4.78 is 13.3. The summed E-state index contributed by atoms with van der Waals surface area (Å²) in [5, 5.41) is 4.20. The van der Waals surface area contributed by atoms with E-state index >= 15 is 0 Å². The molecule has 3 heterocycles. The molecule has 4 aromatic rings. The number of nitrogens with one attached hydrogen (secondary N) is 2. The molecule has 0 bridgehead atoms. The number of hydrogen-bond donors (Lipinski definition) is 2. The van der Waals surface area contributed by atoms with E-state index in [0.717, 1.165) is 28.4 Å². The number of methoxy groups -OCH3 is 2. The number of aromatic nitrogens is 2. The molecule has 8 nitrogen and oxygen atoms in total. The molecular formula is C26H26N4O4. The first-order valence-electron chi connectivity index (χ1n) is 11.0. The zero-order valence-electron chi connectivity index (χ0n) is 19.6. The van der Waals surface area contributed by atoms with Crippen LogP contribution in [-0.2, 0) is 16.1 Å². The van der Waals surface area contributed by atoms with E-state index in [1.165, 1.54) is 0 Å². The van der Waals surface area contributed by atoms with E-state index in [1.807, 2.05) is 56.7 Å². The van der Waals surface area contributed by atoms with Crippen molar-refractivity contribution >= 4 is 44.8 Å². The van der Waals surface area contributed by atoms with Crippen LogP contribution in [0.1, 0.15) is 11.1 Å². The Balaban J connectivity index is 1.81. The molecule has 5 rings (SSSR count). The molecule has 0 spiro atoms. The number of fused-ring (bicyclic) bond motifs is 2. The highest BCUT2D eigenvalue weighted by molar-refractivity contribution is 6.50. The van der Waals surface area contributed by atoms with Crippen LogP contribution in [0.5, 0.6) is 11.5 Å². The Morgan fingerprint density at radius 3 is 2.35 bits per heavy atom. The largest absolute Gasteiger partial charge is 0.493 e. The Morgan fingerprint density at radius 1 is 0.912 bits per heavy atom. The van der Waals surface area contributed by atoms with E-state index in [9.17, 15) is 9.59 Å². The Kier molecular flexibility index (Phi) is 5.37. The third-order valence-corrected chi connectivity index (χ3v) is 6.23. The zero-order chi connectivity index (χ0) is 24.0. The molecule has 0 fully saturated rings. The molecule has 2 amide bonds. The number of amides is 2. The summed E-state index contributed by atoms with van der Waals surface area (Å²) in [4.78, 5) is 31.5. The van der Waals surface area contributed by atoms with Crippen LogP contribution in [0, 0.1) is 0 Å². The number of nitrogens with zero attached hydrogens (tertiary/aromatic N) is 2. The van der Waals surface area contributed by atoms with Crippen molar-refractivity contribution in [1.82, 2.24) is 19.8 Å². The van der Waals surface area contributed by atoms with E-state index in [1.54, 1.807) is 20.4 Å². The maximum absolute atomic E-state index is 13.2. The van der Waals surface area contributed by atoms with Crippen molar-refractivity contribution in [1.29, 1.82) is 0 Å². The number of carbonyl (C=O) groups is 2. The van der Waals surface area contributed by atoms with Crippen LogP contribution < -0.4 is 14.8 Å². The van der Waals surface area contributed by atoms with Gasteiger partial charge in [-0.3, -0.25) is 14.9 Å². The lowest BCUT2D eigenvalue weighted by Gasteiger charge is -2.14. The number of imide groups is 1. The molecule has 34 heavy (non-hydrogen) atoms. The van der Waals surface area contributed by atoms with Gasteiger partial charge in [-0.25, -0.2) is 0 Å². The maximum atomic E-state index is 13.2. The van der Waals surface area contributed by atoms with E-state index in [0.29, 0.717) is 40.3 Å². The number of likely N-dealkylation sites (N-methyl/N-ethyl adjacent to an activating group) is 1. The average Bonchev–Trinajstić information content (AvgIpc) is 3.49. The van der Waals surface area contributed by atoms with Crippen LogP contribution >= 0.6 is 0 Å². The monoisotopic (exact) mass is 458 g/mol. The van der Waals surface area contributed by atoms with Gasteiger partial charge in [-0.2, -0.15) is 0 Å². The van der Waals surface area contributed by atoms with Gasteiger partial charge in [0.25, 0.3) is 11.8 Å². The highest BCUT2D eigenvalue weighted by Crippen LogP contribution is 2.43. The quantitative estimate of drug-likeness (QED) is 0.415. The van der Waals surface area contributed by atoms with Crippen molar-refractivity contribution in [3.8, 4) is 11.5 Å². The van der Waals surface area contributed by atoms with Crippen molar-refractivity contribution in [3.63, 3.8) is 0 Å². The van der Waals surface area contributed by atoms with Crippen LogP contribution in [0.4, 0.5) is 0 Å². The Morgan fingerprint density at radius 2 is 1.65 bits per heavy atom. The van der Waals surface area contributed by atoms with Gasteiger partial charge >= 0.3 is 0 Å². The summed E-state index contributed by atoms with van der Waals surface area (Å²) in [6, 6.07) is 11.5. The topological polar surface area (TPSA) is 88.6 Å². The Labute approximate surface area is 196 Å². The fraction of sp³-hybridized carbons (Fsp3) is 0.231. The van der Waals surface area contributed by atoms with E-state index in [2.05, 4.69) is 19.8 Å². The minimum absolute atomic E-state index is 0.357. The van der Waals surface area contributed by atoms with Gasteiger partial charge in [0.1, 0.15) is 0 Å². The van der Waals surface area contributed by atoms with Crippen molar-refractivity contribution in [2.24, 2.45) is 0 Å². The summed E-state index contributed by atoms with van der Waals surface area (Å²) in [5.74, 6) is 0.374. The first-order valence-corrected chi connectivity index (χ1v) is 11.0. The summed E-state index contributed by atoms with van der Waals surface area (Å²) in [6.45, 7) is 1.45. The minimum atomic E-state index is -0.410. The second-order valence-electron chi connectivity index (χ2n) is 8.52. The first-order chi connectivity index (χ1) is 16.4. The summed E-state index contributed by atoms with van der Waals surface area (Å²) in [5.41, 5.74) is 3.81. The molecule has 0 saturated heterocycles. The van der Waals surface area contributed by atoms with E-state index in [-0.39, 0.29) is 0 Å². The van der Waals surface area contributed by atoms with E-state index < -0.39 is 11.8 Å².